The third-order valence-corrected chi connectivity index (χ3v) is 0.962. The van der Waals surface area contributed by atoms with Crippen LogP contribution in [0.2, 0.25) is 0 Å². The van der Waals surface area contributed by atoms with Crippen molar-refractivity contribution < 1.29 is 23.8 Å². The first-order valence-electron chi connectivity index (χ1n) is 3.13. The summed E-state index contributed by atoms with van der Waals surface area (Å²) in [5.41, 5.74) is 0. The Morgan fingerprint density at radius 3 is 2.58 bits per heavy atom. The molecule has 0 saturated heterocycles. The molecule has 1 atom stereocenters. The van der Waals surface area contributed by atoms with Gasteiger partial charge in [-0.1, -0.05) is 0 Å². The molecule has 0 heterocycles. The average molecular weight is 181 g/mol. The second kappa shape index (κ2) is 5.48. The molecule has 0 aromatic heterocycles. The van der Waals surface area contributed by atoms with Gasteiger partial charge in [-0.3, -0.25) is 0 Å². The minimum atomic E-state index is -2.82. The Morgan fingerprint density at radius 1 is 1.58 bits per heavy atom. The van der Waals surface area contributed by atoms with Crippen LogP contribution in [-0.2, 0) is 4.79 Å². The fourth-order valence-corrected chi connectivity index (χ4v) is 0.408. The Balaban J connectivity index is 3.49. The summed E-state index contributed by atoms with van der Waals surface area (Å²) in [6, 6.07) is 0. The van der Waals surface area contributed by atoms with Gasteiger partial charge in [0.2, 0.25) is 0 Å². The van der Waals surface area contributed by atoms with Crippen molar-refractivity contribution >= 4 is 5.97 Å². The topological polar surface area (TPSA) is 69.6 Å². The molecule has 0 spiro atoms. The normalized spacial score (nSPS) is 13.7. The molecule has 0 aromatic carbocycles. The van der Waals surface area contributed by atoms with Crippen molar-refractivity contribution in [3.63, 3.8) is 0 Å². The first-order chi connectivity index (χ1) is 5.54. The lowest BCUT2D eigenvalue weighted by Crippen LogP contribution is -2.29. The number of nitrogens with one attached hydrogen (secondary N) is 1. The summed E-state index contributed by atoms with van der Waals surface area (Å²) in [6.07, 6.45) is -2.87. The molecule has 0 radical (unpaired) electrons. The summed E-state index contributed by atoms with van der Waals surface area (Å²) >= 11 is 0. The van der Waals surface area contributed by atoms with Crippen molar-refractivity contribution in [3.8, 4) is 0 Å². The van der Waals surface area contributed by atoms with Crippen LogP contribution in [0.3, 0.4) is 0 Å². The smallest absolute Gasteiger partial charge is 0.329 e. The molecule has 0 rings (SSSR count). The Labute approximate surface area is 67.5 Å². The fraction of sp³-hybridized carbons (Fsp3) is 0.500. The molecule has 0 aliphatic carbocycles. The largest absolute Gasteiger partial charge is 0.478 e. The molecule has 0 fully saturated rings. The summed E-state index contributed by atoms with van der Waals surface area (Å²) in [5.74, 6) is -1.19. The van der Waals surface area contributed by atoms with Crippen molar-refractivity contribution in [2.75, 3.05) is 6.54 Å². The molecule has 0 aliphatic heterocycles. The number of alkyl halides is 2. The second-order valence-electron chi connectivity index (χ2n) is 1.98. The monoisotopic (exact) mass is 181 g/mol. The van der Waals surface area contributed by atoms with Gasteiger partial charge in [-0.15, -0.1) is 0 Å². The van der Waals surface area contributed by atoms with E-state index in [0.29, 0.717) is 0 Å². The molecular weight excluding hydrogens is 172 g/mol. The molecule has 0 aromatic rings. The van der Waals surface area contributed by atoms with Gasteiger partial charge in [-0.2, -0.15) is 0 Å². The maximum Gasteiger partial charge on any atom is 0.329 e. The third-order valence-electron chi connectivity index (χ3n) is 0.962. The quantitative estimate of drug-likeness (QED) is 0.514. The van der Waals surface area contributed by atoms with E-state index in [1.54, 1.807) is 0 Å². The number of carboxylic acid groups (broad SMARTS) is 1. The number of hydrogen-bond donors (Lipinski definition) is 3. The number of carboxylic acids is 1. The number of hydrogen-bond acceptors (Lipinski definition) is 3. The predicted molar refractivity (Wildman–Crippen MR) is 36.8 cm³/mol. The van der Waals surface area contributed by atoms with E-state index in [2.05, 4.69) is 5.32 Å². The Bertz CT molecular complexity index is 172. The summed E-state index contributed by atoms with van der Waals surface area (Å²) in [6.45, 7) is -0.374. The van der Waals surface area contributed by atoms with E-state index in [4.69, 9.17) is 10.2 Å². The number of aliphatic hydroxyl groups excluding tert-OH is 1. The number of carbonyl (C=O) groups is 1. The molecule has 4 nitrogen and oxygen atoms in total. The van der Waals surface area contributed by atoms with Crippen LogP contribution < -0.4 is 5.32 Å². The first kappa shape index (κ1) is 10.8. The van der Waals surface area contributed by atoms with Gasteiger partial charge in [-0.05, 0) is 0 Å². The van der Waals surface area contributed by atoms with E-state index >= 15 is 0 Å². The summed E-state index contributed by atoms with van der Waals surface area (Å²) in [4.78, 5) is 9.84. The van der Waals surface area contributed by atoms with Crippen LogP contribution in [0.25, 0.3) is 0 Å². The van der Waals surface area contributed by atoms with Crippen molar-refractivity contribution in [2.24, 2.45) is 0 Å². The van der Waals surface area contributed by atoms with Crippen molar-refractivity contribution in [1.82, 2.24) is 5.32 Å². The minimum absolute atomic E-state index is 0.374. The van der Waals surface area contributed by atoms with Crippen LogP contribution in [0.1, 0.15) is 0 Å². The summed E-state index contributed by atoms with van der Waals surface area (Å²) in [7, 11) is 0. The van der Waals surface area contributed by atoms with E-state index in [9.17, 15) is 13.6 Å². The Morgan fingerprint density at radius 2 is 2.17 bits per heavy atom. The zero-order valence-corrected chi connectivity index (χ0v) is 6.08. The lowest BCUT2D eigenvalue weighted by Gasteiger charge is -2.07. The van der Waals surface area contributed by atoms with Crippen LogP contribution >= 0.6 is 0 Å². The number of aliphatic hydroxyl groups is 1. The standard InChI is InChI=1S/C6H9F2NO3/c7-6(8)4(10)3-9-2-1-5(11)12/h1-2,4,6,9-10H,3H2,(H,11,12)/b2-1+. The molecule has 1 unspecified atom stereocenters. The van der Waals surface area contributed by atoms with E-state index in [1.165, 1.54) is 0 Å². The number of rotatable bonds is 5. The molecule has 0 aliphatic rings. The lowest BCUT2D eigenvalue weighted by atomic mass is 10.4. The van der Waals surface area contributed by atoms with E-state index in [-0.39, 0.29) is 6.54 Å². The zero-order chi connectivity index (χ0) is 9.56. The third kappa shape index (κ3) is 5.60. The van der Waals surface area contributed by atoms with Gasteiger partial charge >= 0.3 is 5.97 Å². The van der Waals surface area contributed by atoms with Gasteiger partial charge < -0.3 is 15.5 Å². The highest BCUT2D eigenvalue weighted by Crippen LogP contribution is 1.97. The molecule has 3 N–H and O–H groups in total. The number of aliphatic carboxylic acids is 1. The highest BCUT2D eigenvalue weighted by atomic mass is 19.3. The average Bonchev–Trinajstić information content (AvgIpc) is 1.97. The lowest BCUT2D eigenvalue weighted by molar-refractivity contribution is -0.131. The van der Waals surface area contributed by atoms with Gasteiger partial charge in [0.15, 0.2) is 0 Å². The Kier molecular flexibility index (Phi) is 4.94. The van der Waals surface area contributed by atoms with Gasteiger partial charge in [0, 0.05) is 18.8 Å². The van der Waals surface area contributed by atoms with Gasteiger partial charge in [0.1, 0.15) is 6.10 Å². The van der Waals surface area contributed by atoms with Crippen LogP contribution in [0, 0.1) is 0 Å². The molecule has 0 amide bonds. The first-order valence-corrected chi connectivity index (χ1v) is 3.13. The van der Waals surface area contributed by atoms with E-state index < -0.39 is 18.5 Å². The fourth-order valence-electron chi connectivity index (χ4n) is 0.408. The molecule has 6 heteroatoms. The molecule has 12 heavy (non-hydrogen) atoms. The second-order valence-corrected chi connectivity index (χ2v) is 1.98. The summed E-state index contributed by atoms with van der Waals surface area (Å²) in [5, 5.41) is 18.8. The van der Waals surface area contributed by atoms with Crippen molar-refractivity contribution in [3.05, 3.63) is 12.3 Å². The molecule has 70 valence electrons. The minimum Gasteiger partial charge on any atom is -0.478 e. The SMILES string of the molecule is O=C(O)/C=C/NCC(O)C(F)F. The number of halogens is 2. The van der Waals surface area contributed by atoms with Crippen LogP contribution in [-0.4, -0.2) is 35.3 Å². The van der Waals surface area contributed by atoms with E-state index in [1.807, 2.05) is 0 Å². The van der Waals surface area contributed by atoms with Crippen LogP contribution in [0.4, 0.5) is 8.78 Å². The molecule has 0 saturated carbocycles. The van der Waals surface area contributed by atoms with Crippen molar-refractivity contribution in [1.29, 1.82) is 0 Å². The predicted octanol–water partition coefficient (Wildman–Crippen LogP) is -0.200. The molecular formula is C6H9F2NO3. The van der Waals surface area contributed by atoms with Gasteiger partial charge in [0.05, 0.1) is 0 Å². The van der Waals surface area contributed by atoms with Crippen LogP contribution in [0.15, 0.2) is 12.3 Å². The maximum absolute atomic E-state index is 11.6. The highest BCUT2D eigenvalue weighted by molar-refractivity contribution is 5.79. The Hall–Kier alpha value is -1.17. The van der Waals surface area contributed by atoms with Crippen molar-refractivity contribution in [2.45, 2.75) is 12.5 Å². The highest BCUT2D eigenvalue weighted by Gasteiger charge is 2.14. The maximum atomic E-state index is 11.6. The summed E-state index contributed by atoms with van der Waals surface area (Å²) < 4.78 is 23.2. The van der Waals surface area contributed by atoms with Gasteiger partial charge in [0.25, 0.3) is 6.43 Å². The molecule has 0 bridgehead atoms. The van der Waals surface area contributed by atoms with Crippen LogP contribution in [0.5, 0.6) is 0 Å². The zero-order valence-electron chi connectivity index (χ0n) is 6.08. The van der Waals surface area contributed by atoms with Gasteiger partial charge in [-0.25, -0.2) is 13.6 Å². The van der Waals surface area contributed by atoms with E-state index in [0.717, 1.165) is 12.3 Å².